The molecular weight excluding hydrogens is 244 g/mol. The van der Waals surface area contributed by atoms with Crippen LogP contribution in [-0.2, 0) is 4.74 Å². The van der Waals surface area contributed by atoms with Crippen molar-refractivity contribution in [3.05, 3.63) is 6.33 Å². The summed E-state index contributed by atoms with van der Waals surface area (Å²) in [6, 6.07) is 0.174. The van der Waals surface area contributed by atoms with Gasteiger partial charge in [-0.15, -0.1) is 0 Å². The molecule has 1 aromatic rings. The molecule has 6 heteroatoms. The van der Waals surface area contributed by atoms with E-state index in [0.29, 0.717) is 36.5 Å². The molecule has 0 aliphatic rings. The quantitative estimate of drug-likeness (QED) is 0.751. The molecule has 6 nitrogen and oxygen atoms in total. The van der Waals surface area contributed by atoms with Gasteiger partial charge in [-0.25, -0.2) is 9.97 Å². The van der Waals surface area contributed by atoms with Gasteiger partial charge in [0.1, 0.15) is 6.33 Å². The van der Waals surface area contributed by atoms with Crippen molar-refractivity contribution in [3.8, 4) is 5.75 Å². The van der Waals surface area contributed by atoms with Crippen molar-refractivity contribution in [3.63, 3.8) is 0 Å². The summed E-state index contributed by atoms with van der Waals surface area (Å²) >= 11 is 0. The van der Waals surface area contributed by atoms with Crippen molar-refractivity contribution in [1.82, 2.24) is 9.97 Å². The van der Waals surface area contributed by atoms with Crippen LogP contribution in [0.25, 0.3) is 0 Å². The maximum Gasteiger partial charge on any atom is 0.204 e. The van der Waals surface area contributed by atoms with Crippen LogP contribution in [0.15, 0.2) is 6.33 Å². The van der Waals surface area contributed by atoms with E-state index in [1.807, 2.05) is 6.92 Å². The van der Waals surface area contributed by atoms with Crippen LogP contribution in [0.4, 0.5) is 11.6 Å². The topological polar surface area (TPSA) is 68.3 Å². The van der Waals surface area contributed by atoms with Crippen LogP contribution in [0.5, 0.6) is 5.75 Å². The fraction of sp³-hybridized carbons (Fsp3) is 0.692. The van der Waals surface area contributed by atoms with E-state index in [1.165, 1.54) is 6.33 Å². The molecule has 0 amide bonds. The van der Waals surface area contributed by atoms with Gasteiger partial charge in [0.05, 0.1) is 19.8 Å². The van der Waals surface area contributed by atoms with Crippen LogP contribution in [0.2, 0.25) is 0 Å². The SMILES string of the molecule is CCOCC(Nc1ncnc(NC)c1OC)C(C)C. The van der Waals surface area contributed by atoms with Gasteiger partial charge in [-0.3, -0.25) is 0 Å². The third-order valence-electron chi connectivity index (χ3n) is 2.87. The number of hydrogen-bond acceptors (Lipinski definition) is 6. The van der Waals surface area contributed by atoms with Gasteiger partial charge in [0.2, 0.25) is 5.75 Å². The molecule has 1 unspecified atom stereocenters. The molecule has 0 bridgehead atoms. The first-order chi connectivity index (χ1) is 9.13. The van der Waals surface area contributed by atoms with Crippen LogP contribution in [0.1, 0.15) is 20.8 Å². The molecule has 2 N–H and O–H groups in total. The lowest BCUT2D eigenvalue weighted by Gasteiger charge is -2.24. The summed E-state index contributed by atoms with van der Waals surface area (Å²) < 4.78 is 10.9. The molecule has 0 saturated carbocycles. The minimum absolute atomic E-state index is 0.174. The second-order valence-corrected chi connectivity index (χ2v) is 4.51. The fourth-order valence-corrected chi connectivity index (χ4v) is 1.67. The number of rotatable bonds is 8. The number of ether oxygens (including phenoxy) is 2. The molecule has 19 heavy (non-hydrogen) atoms. The molecule has 1 atom stereocenters. The normalized spacial score (nSPS) is 12.3. The highest BCUT2D eigenvalue weighted by atomic mass is 16.5. The van der Waals surface area contributed by atoms with Gasteiger partial charge in [0.15, 0.2) is 11.6 Å². The van der Waals surface area contributed by atoms with Crippen molar-refractivity contribution in [2.24, 2.45) is 5.92 Å². The van der Waals surface area contributed by atoms with Crippen molar-refractivity contribution in [2.45, 2.75) is 26.8 Å². The van der Waals surface area contributed by atoms with Crippen LogP contribution in [0.3, 0.4) is 0 Å². The highest BCUT2D eigenvalue weighted by Crippen LogP contribution is 2.29. The van der Waals surface area contributed by atoms with Gasteiger partial charge >= 0.3 is 0 Å². The largest absolute Gasteiger partial charge is 0.490 e. The summed E-state index contributed by atoms with van der Waals surface area (Å²) in [7, 11) is 3.41. The molecule has 108 valence electrons. The predicted molar refractivity (Wildman–Crippen MR) is 76.9 cm³/mol. The van der Waals surface area contributed by atoms with Gasteiger partial charge < -0.3 is 20.1 Å². The summed E-state index contributed by atoms with van der Waals surface area (Å²) in [5.74, 6) is 2.38. The second-order valence-electron chi connectivity index (χ2n) is 4.51. The van der Waals surface area contributed by atoms with E-state index in [0.717, 1.165) is 0 Å². The van der Waals surface area contributed by atoms with E-state index in [2.05, 4.69) is 34.4 Å². The van der Waals surface area contributed by atoms with Crippen molar-refractivity contribution in [1.29, 1.82) is 0 Å². The maximum absolute atomic E-state index is 5.50. The molecular formula is C13H24N4O2. The van der Waals surface area contributed by atoms with E-state index < -0.39 is 0 Å². The van der Waals surface area contributed by atoms with Crippen LogP contribution in [0, 0.1) is 5.92 Å². The number of hydrogen-bond donors (Lipinski definition) is 2. The molecule has 0 aliphatic carbocycles. The zero-order valence-corrected chi connectivity index (χ0v) is 12.4. The lowest BCUT2D eigenvalue weighted by molar-refractivity contribution is 0.126. The van der Waals surface area contributed by atoms with Gasteiger partial charge in [0, 0.05) is 13.7 Å². The Balaban J connectivity index is 2.89. The summed E-state index contributed by atoms with van der Waals surface area (Å²) in [5, 5.41) is 6.35. The van der Waals surface area contributed by atoms with Gasteiger partial charge in [-0.2, -0.15) is 0 Å². The van der Waals surface area contributed by atoms with Gasteiger partial charge in [0.25, 0.3) is 0 Å². The number of methoxy groups -OCH3 is 1. The van der Waals surface area contributed by atoms with E-state index in [9.17, 15) is 0 Å². The Hall–Kier alpha value is -1.56. The highest BCUT2D eigenvalue weighted by molar-refractivity contribution is 5.63. The van der Waals surface area contributed by atoms with Crippen molar-refractivity contribution < 1.29 is 9.47 Å². The third-order valence-corrected chi connectivity index (χ3v) is 2.87. The monoisotopic (exact) mass is 268 g/mol. The smallest absolute Gasteiger partial charge is 0.204 e. The van der Waals surface area contributed by atoms with Crippen molar-refractivity contribution >= 4 is 11.6 Å². The molecule has 1 heterocycles. The molecule has 0 aliphatic heterocycles. The molecule has 0 fully saturated rings. The Bertz CT molecular complexity index is 385. The standard InChI is InChI=1S/C13H24N4O2/c1-6-19-7-10(9(2)3)17-13-11(18-5)12(14-4)15-8-16-13/h8-10H,6-7H2,1-5H3,(H2,14,15,16,17). The lowest BCUT2D eigenvalue weighted by atomic mass is 10.1. The first kappa shape index (κ1) is 15.5. The summed E-state index contributed by atoms with van der Waals surface area (Å²) in [6.45, 7) is 7.61. The molecule has 0 spiro atoms. The molecule has 0 aromatic carbocycles. The summed E-state index contributed by atoms with van der Waals surface area (Å²) in [5.41, 5.74) is 0. The van der Waals surface area contributed by atoms with Crippen molar-refractivity contribution in [2.75, 3.05) is 38.0 Å². The Morgan fingerprint density at radius 2 is 1.95 bits per heavy atom. The van der Waals surface area contributed by atoms with Crippen LogP contribution in [-0.4, -0.2) is 43.4 Å². The van der Waals surface area contributed by atoms with E-state index >= 15 is 0 Å². The zero-order chi connectivity index (χ0) is 14.3. The minimum Gasteiger partial charge on any atom is -0.490 e. The first-order valence-corrected chi connectivity index (χ1v) is 6.55. The van der Waals surface area contributed by atoms with E-state index in [1.54, 1.807) is 14.2 Å². The van der Waals surface area contributed by atoms with Gasteiger partial charge in [-0.1, -0.05) is 13.8 Å². The number of nitrogens with one attached hydrogen (secondary N) is 2. The maximum atomic E-state index is 5.50. The summed E-state index contributed by atoms with van der Waals surface area (Å²) in [6.07, 6.45) is 1.51. The zero-order valence-electron chi connectivity index (χ0n) is 12.4. The number of anilines is 2. The lowest BCUT2D eigenvalue weighted by Crippen LogP contribution is -2.31. The van der Waals surface area contributed by atoms with E-state index in [4.69, 9.17) is 9.47 Å². The second kappa shape index (κ2) is 7.78. The summed E-state index contributed by atoms with van der Waals surface area (Å²) in [4.78, 5) is 8.37. The average Bonchev–Trinajstić information content (AvgIpc) is 2.42. The Kier molecular flexibility index (Phi) is 6.35. The average molecular weight is 268 g/mol. The van der Waals surface area contributed by atoms with Gasteiger partial charge in [-0.05, 0) is 12.8 Å². The van der Waals surface area contributed by atoms with Crippen LogP contribution >= 0.6 is 0 Å². The fourth-order valence-electron chi connectivity index (χ4n) is 1.67. The first-order valence-electron chi connectivity index (χ1n) is 6.55. The predicted octanol–water partition coefficient (Wildman–Crippen LogP) is 2.00. The van der Waals surface area contributed by atoms with E-state index in [-0.39, 0.29) is 6.04 Å². The minimum atomic E-state index is 0.174. The highest BCUT2D eigenvalue weighted by Gasteiger charge is 2.18. The third kappa shape index (κ3) is 4.24. The Morgan fingerprint density at radius 3 is 2.47 bits per heavy atom. The Morgan fingerprint density at radius 1 is 1.26 bits per heavy atom. The molecule has 1 rings (SSSR count). The molecule has 1 aromatic heterocycles. The molecule has 0 radical (unpaired) electrons. The Labute approximate surface area is 114 Å². The number of aromatic nitrogens is 2. The number of nitrogens with zero attached hydrogens (tertiary/aromatic N) is 2. The van der Waals surface area contributed by atoms with Crippen LogP contribution < -0.4 is 15.4 Å². The molecule has 0 saturated heterocycles.